The van der Waals surface area contributed by atoms with Crippen LogP contribution in [0.5, 0.6) is 0 Å². The summed E-state index contributed by atoms with van der Waals surface area (Å²) in [5.41, 5.74) is 3.38. The summed E-state index contributed by atoms with van der Waals surface area (Å²) < 4.78 is 1.78. The minimum Gasteiger partial charge on any atom is -0.337 e. The highest BCUT2D eigenvalue weighted by molar-refractivity contribution is 7.99. The van der Waals surface area contributed by atoms with E-state index in [9.17, 15) is 9.59 Å². The molecule has 0 saturated carbocycles. The van der Waals surface area contributed by atoms with Crippen LogP contribution in [0.3, 0.4) is 0 Å². The quantitative estimate of drug-likeness (QED) is 0.291. The maximum absolute atomic E-state index is 13.3. The van der Waals surface area contributed by atoms with Gasteiger partial charge in [0.25, 0.3) is 5.56 Å². The molecule has 0 saturated heterocycles. The number of amides is 1. The van der Waals surface area contributed by atoms with E-state index < -0.39 is 0 Å². The van der Waals surface area contributed by atoms with E-state index in [1.165, 1.54) is 40.6 Å². The molecule has 3 aromatic rings. The number of benzene rings is 1. The Kier molecular flexibility index (Phi) is 6.46. The van der Waals surface area contributed by atoms with Gasteiger partial charge in [0.15, 0.2) is 5.16 Å². The van der Waals surface area contributed by atoms with E-state index in [0.29, 0.717) is 34.9 Å². The Labute approximate surface area is 196 Å². The first-order chi connectivity index (χ1) is 15.7. The van der Waals surface area contributed by atoms with Gasteiger partial charge in [0.2, 0.25) is 5.91 Å². The highest BCUT2D eigenvalue weighted by atomic mass is 32.2. The molecule has 7 heteroatoms. The number of aromatic nitrogens is 2. The zero-order valence-electron chi connectivity index (χ0n) is 18.1. The number of rotatable bonds is 6. The molecule has 2 aliphatic rings. The van der Waals surface area contributed by atoms with Gasteiger partial charge in [-0.1, -0.05) is 35.5 Å². The maximum Gasteiger partial charge on any atom is 0.262 e. The van der Waals surface area contributed by atoms with Crippen LogP contribution in [-0.2, 0) is 24.3 Å². The monoisotopic (exact) mass is 465 g/mol. The Morgan fingerprint density at radius 2 is 2.06 bits per heavy atom. The minimum absolute atomic E-state index is 0.0113. The van der Waals surface area contributed by atoms with Crippen molar-refractivity contribution >= 4 is 39.9 Å². The lowest BCUT2D eigenvalue weighted by atomic mass is 9.97. The molecule has 1 aliphatic heterocycles. The first kappa shape index (κ1) is 21.5. The molecule has 0 spiro atoms. The summed E-state index contributed by atoms with van der Waals surface area (Å²) in [6.07, 6.45) is 8.87. The van der Waals surface area contributed by atoms with Crippen LogP contribution in [0.4, 0.5) is 0 Å². The Hall–Kier alpha value is -2.38. The van der Waals surface area contributed by atoms with Crippen molar-refractivity contribution in [3.05, 3.63) is 68.2 Å². The van der Waals surface area contributed by atoms with Crippen LogP contribution in [0, 0.1) is 0 Å². The van der Waals surface area contributed by atoms with Gasteiger partial charge in [-0.2, -0.15) is 0 Å². The SMILES string of the molecule is O=C(CSc1nc2ccccc2c(=O)n1CCC1=CCCCC1)N1CCc2sccc2C1. The molecule has 1 amide bonds. The molecule has 32 heavy (non-hydrogen) atoms. The molecule has 0 atom stereocenters. The number of fused-ring (bicyclic) bond motifs is 2. The summed E-state index contributed by atoms with van der Waals surface area (Å²) in [7, 11) is 0. The highest BCUT2D eigenvalue weighted by Crippen LogP contribution is 2.26. The molecule has 3 heterocycles. The van der Waals surface area contributed by atoms with Gasteiger partial charge in [-0.25, -0.2) is 4.98 Å². The van der Waals surface area contributed by atoms with Gasteiger partial charge in [0.05, 0.1) is 16.7 Å². The molecule has 0 fully saturated rings. The number of thiophene rings is 1. The summed E-state index contributed by atoms with van der Waals surface area (Å²) in [6.45, 7) is 2.06. The molecule has 1 aliphatic carbocycles. The van der Waals surface area contributed by atoms with Gasteiger partial charge in [0.1, 0.15) is 0 Å². The Morgan fingerprint density at radius 1 is 1.16 bits per heavy atom. The first-order valence-corrected chi connectivity index (χ1v) is 13.2. The highest BCUT2D eigenvalue weighted by Gasteiger charge is 2.22. The molecular formula is C25H27N3O2S2. The Bertz CT molecular complexity index is 1230. The molecular weight excluding hydrogens is 438 g/mol. The molecule has 0 N–H and O–H groups in total. The average Bonchev–Trinajstić information content (AvgIpc) is 3.31. The van der Waals surface area contributed by atoms with Crippen molar-refractivity contribution < 1.29 is 4.79 Å². The van der Waals surface area contributed by atoms with Crippen molar-refractivity contribution in [2.75, 3.05) is 12.3 Å². The Balaban J connectivity index is 1.35. The van der Waals surface area contributed by atoms with Crippen LogP contribution in [-0.4, -0.2) is 32.7 Å². The first-order valence-electron chi connectivity index (χ1n) is 11.3. The van der Waals surface area contributed by atoms with Crippen molar-refractivity contribution in [1.29, 1.82) is 0 Å². The van der Waals surface area contributed by atoms with E-state index in [2.05, 4.69) is 17.5 Å². The molecule has 5 rings (SSSR count). The normalized spacial score (nSPS) is 16.1. The van der Waals surface area contributed by atoms with Crippen molar-refractivity contribution in [1.82, 2.24) is 14.5 Å². The van der Waals surface area contributed by atoms with Crippen LogP contribution >= 0.6 is 23.1 Å². The van der Waals surface area contributed by atoms with Crippen LogP contribution in [0.2, 0.25) is 0 Å². The van der Waals surface area contributed by atoms with Crippen molar-refractivity contribution in [2.24, 2.45) is 0 Å². The summed E-state index contributed by atoms with van der Waals surface area (Å²) >= 11 is 3.17. The van der Waals surface area contributed by atoms with Gasteiger partial charge in [-0.05, 0) is 67.7 Å². The van der Waals surface area contributed by atoms with Crippen LogP contribution in [0.15, 0.2) is 57.3 Å². The molecule has 0 unspecified atom stereocenters. The summed E-state index contributed by atoms with van der Waals surface area (Å²) in [5.74, 6) is 0.406. The van der Waals surface area contributed by atoms with Gasteiger partial charge in [0, 0.05) is 24.5 Å². The third-order valence-corrected chi connectivity index (χ3v) is 8.34. The summed E-state index contributed by atoms with van der Waals surface area (Å²) in [6, 6.07) is 9.61. The standard InChI is InChI=1S/C25H27N3O2S2/c29-23(27-13-11-22-19(16-27)12-15-31-22)17-32-25-26-21-9-5-4-8-20(21)24(30)28(25)14-10-18-6-2-1-3-7-18/h4-6,8-9,12,15H,1-3,7,10-11,13-14,16-17H2. The molecule has 0 radical (unpaired) electrons. The molecule has 0 bridgehead atoms. The van der Waals surface area contributed by atoms with E-state index in [4.69, 9.17) is 4.98 Å². The lowest BCUT2D eigenvalue weighted by Crippen LogP contribution is -2.36. The zero-order valence-corrected chi connectivity index (χ0v) is 19.7. The third kappa shape index (κ3) is 4.55. The van der Waals surface area contributed by atoms with Gasteiger partial charge < -0.3 is 4.90 Å². The lowest BCUT2D eigenvalue weighted by Gasteiger charge is -2.27. The predicted molar refractivity (Wildman–Crippen MR) is 131 cm³/mol. The van der Waals surface area contributed by atoms with Crippen molar-refractivity contribution in [3.63, 3.8) is 0 Å². The second kappa shape index (κ2) is 9.63. The van der Waals surface area contributed by atoms with Crippen molar-refractivity contribution in [2.45, 2.75) is 56.8 Å². The summed E-state index contributed by atoms with van der Waals surface area (Å²) in [5, 5.41) is 3.39. The number of para-hydroxylation sites is 1. The molecule has 1 aromatic carbocycles. The average molecular weight is 466 g/mol. The minimum atomic E-state index is -0.0113. The van der Waals surface area contributed by atoms with Gasteiger partial charge in [-0.15, -0.1) is 11.3 Å². The van der Waals surface area contributed by atoms with Gasteiger partial charge in [-0.3, -0.25) is 14.2 Å². The molecule has 5 nitrogen and oxygen atoms in total. The van der Waals surface area contributed by atoms with E-state index in [1.54, 1.807) is 15.9 Å². The van der Waals surface area contributed by atoms with Gasteiger partial charge >= 0.3 is 0 Å². The third-order valence-electron chi connectivity index (χ3n) is 6.35. The number of carbonyl (C=O) groups is 1. The van der Waals surface area contributed by atoms with Crippen LogP contribution in [0.25, 0.3) is 10.9 Å². The van der Waals surface area contributed by atoms with E-state index in [0.717, 1.165) is 32.2 Å². The number of carbonyl (C=O) groups excluding carboxylic acids is 1. The number of allylic oxidation sites excluding steroid dienone is 2. The largest absolute Gasteiger partial charge is 0.337 e. The molecule has 166 valence electrons. The maximum atomic E-state index is 13.3. The zero-order chi connectivity index (χ0) is 21.9. The fourth-order valence-corrected chi connectivity index (χ4v) is 6.34. The topological polar surface area (TPSA) is 55.2 Å². The number of hydrogen-bond donors (Lipinski definition) is 0. The fourth-order valence-electron chi connectivity index (χ4n) is 4.52. The second-order valence-corrected chi connectivity index (χ2v) is 10.4. The van der Waals surface area contributed by atoms with Crippen molar-refractivity contribution in [3.8, 4) is 0 Å². The second-order valence-electron chi connectivity index (χ2n) is 8.45. The smallest absolute Gasteiger partial charge is 0.262 e. The van der Waals surface area contributed by atoms with E-state index in [-0.39, 0.29) is 11.5 Å². The number of thioether (sulfide) groups is 1. The van der Waals surface area contributed by atoms with E-state index in [1.807, 2.05) is 29.2 Å². The molecule has 2 aromatic heterocycles. The summed E-state index contributed by atoms with van der Waals surface area (Å²) in [4.78, 5) is 34.3. The fraction of sp³-hybridized carbons (Fsp3) is 0.400. The number of hydrogen-bond acceptors (Lipinski definition) is 5. The predicted octanol–water partition coefficient (Wildman–Crippen LogP) is 5.03. The van der Waals surface area contributed by atoms with Crippen LogP contribution < -0.4 is 5.56 Å². The van der Waals surface area contributed by atoms with E-state index >= 15 is 0 Å². The van der Waals surface area contributed by atoms with Crippen LogP contribution in [0.1, 0.15) is 42.5 Å². The number of nitrogens with zero attached hydrogens (tertiary/aromatic N) is 3. The lowest BCUT2D eigenvalue weighted by molar-refractivity contribution is -0.129. The Morgan fingerprint density at radius 3 is 2.94 bits per heavy atom.